The summed E-state index contributed by atoms with van der Waals surface area (Å²) in [5.74, 6) is 7.05. The number of hydrogen-bond acceptors (Lipinski definition) is 5. The molecule has 0 fully saturated rings. The zero-order valence-corrected chi connectivity index (χ0v) is 12.9. The van der Waals surface area contributed by atoms with Gasteiger partial charge in [-0.3, -0.25) is 11.3 Å². The number of rotatable bonds is 6. The van der Waals surface area contributed by atoms with Gasteiger partial charge in [-0.25, -0.2) is 0 Å². The number of halogens is 1. The Morgan fingerprint density at radius 1 is 1.25 bits per heavy atom. The Bertz CT molecular complexity index is 574. The molecule has 108 valence electrons. The third kappa shape index (κ3) is 3.24. The fourth-order valence-electron chi connectivity index (χ4n) is 2.00. The third-order valence-corrected chi connectivity index (χ3v) is 4.50. The van der Waals surface area contributed by atoms with Crippen molar-refractivity contribution in [2.45, 2.75) is 12.5 Å². The van der Waals surface area contributed by atoms with Gasteiger partial charge in [0, 0.05) is 11.3 Å². The highest BCUT2D eigenvalue weighted by Crippen LogP contribution is 2.32. The van der Waals surface area contributed by atoms with E-state index in [1.165, 1.54) is 0 Å². The lowest BCUT2D eigenvalue weighted by molar-refractivity contribution is 0.354. The molecule has 1 aromatic heterocycles. The summed E-state index contributed by atoms with van der Waals surface area (Å²) in [4.78, 5) is 1.10. The van der Waals surface area contributed by atoms with Gasteiger partial charge in [-0.2, -0.15) is 0 Å². The third-order valence-electron chi connectivity index (χ3n) is 3.09. The molecule has 3 N–H and O–H groups in total. The number of hydrazine groups is 1. The van der Waals surface area contributed by atoms with Crippen LogP contribution in [0.15, 0.2) is 29.6 Å². The summed E-state index contributed by atoms with van der Waals surface area (Å²) < 4.78 is 10.5. The van der Waals surface area contributed by atoms with Crippen molar-refractivity contribution in [3.05, 3.63) is 45.1 Å². The molecule has 0 saturated carbocycles. The molecule has 1 heterocycles. The molecule has 0 radical (unpaired) electrons. The van der Waals surface area contributed by atoms with E-state index in [4.69, 9.17) is 26.9 Å². The van der Waals surface area contributed by atoms with Crippen LogP contribution in [0.3, 0.4) is 0 Å². The topological polar surface area (TPSA) is 56.5 Å². The summed E-state index contributed by atoms with van der Waals surface area (Å²) in [5.41, 5.74) is 3.85. The van der Waals surface area contributed by atoms with Gasteiger partial charge in [0.25, 0.3) is 0 Å². The molecule has 4 nitrogen and oxygen atoms in total. The van der Waals surface area contributed by atoms with Crippen LogP contribution < -0.4 is 20.7 Å². The molecule has 0 aliphatic heterocycles. The van der Waals surface area contributed by atoms with Crippen molar-refractivity contribution in [1.82, 2.24) is 5.43 Å². The number of thiophene rings is 1. The standard InChI is InChI=1S/C14H17ClN2O2S/c1-18-12-4-3-9(7-13(12)19-2)11(17-16)8-14-10(15)5-6-20-14/h3-7,11,17H,8,16H2,1-2H3. The minimum Gasteiger partial charge on any atom is -0.493 e. The van der Waals surface area contributed by atoms with E-state index in [9.17, 15) is 0 Å². The van der Waals surface area contributed by atoms with Crippen molar-refractivity contribution in [1.29, 1.82) is 0 Å². The average Bonchev–Trinajstić information content (AvgIpc) is 2.89. The summed E-state index contributed by atoms with van der Waals surface area (Å²) in [6.45, 7) is 0. The minimum absolute atomic E-state index is 0.0362. The van der Waals surface area contributed by atoms with E-state index in [0.29, 0.717) is 11.5 Å². The van der Waals surface area contributed by atoms with Gasteiger partial charge in [0.1, 0.15) is 0 Å². The maximum atomic E-state index is 6.13. The quantitative estimate of drug-likeness (QED) is 0.635. The van der Waals surface area contributed by atoms with E-state index in [-0.39, 0.29) is 6.04 Å². The molecular weight excluding hydrogens is 296 g/mol. The first-order valence-electron chi connectivity index (χ1n) is 6.09. The summed E-state index contributed by atoms with van der Waals surface area (Å²) >= 11 is 7.75. The molecule has 2 rings (SSSR count). The Hall–Kier alpha value is -1.27. The van der Waals surface area contributed by atoms with E-state index < -0.39 is 0 Å². The van der Waals surface area contributed by atoms with Gasteiger partial charge in [0.2, 0.25) is 0 Å². The zero-order chi connectivity index (χ0) is 14.5. The van der Waals surface area contributed by atoms with Crippen molar-refractivity contribution >= 4 is 22.9 Å². The summed E-state index contributed by atoms with van der Waals surface area (Å²) in [6, 6.07) is 7.61. The molecule has 0 aliphatic rings. The van der Waals surface area contributed by atoms with Crippen LogP contribution in [0.4, 0.5) is 0 Å². The molecular formula is C14H17ClN2O2S. The van der Waals surface area contributed by atoms with Crippen LogP contribution in [0.5, 0.6) is 11.5 Å². The van der Waals surface area contributed by atoms with E-state index in [2.05, 4.69) is 5.43 Å². The molecule has 2 aromatic rings. The fraction of sp³-hybridized carbons (Fsp3) is 0.286. The number of methoxy groups -OCH3 is 2. The highest BCUT2D eigenvalue weighted by Gasteiger charge is 2.16. The normalized spacial score (nSPS) is 12.2. The average molecular weight is 313 g/mol. The first-order valence-corrected chi connectivity index (χ1v) is 7.35. The summed E-state index contributed by atoms with van der Waals surface area (Å²) in [7, 11) is 3.23. The molecule has 0 saturated heterocycles. The summed E-state index contributed by atoms with van der Waals surface area (Å²) in [6.07, 6.45) is 0.725. The molecule has 1 unspecified atom stereocenters. The Morgan fingerprint density at radius 2 is 2.00 bits per heavy atom. The first-order chi connectivity index (χ1) is 9.69. The highest BCUT2D eigenvalue weighted by atomic mass is 35.5. The number of benzene rings is 1. The maximum Gasteiger partial charge on any atom is 0.161 e. The van der Waals surface area contributed by atoms with Crippen molar-refractivity contribution < 1.29 is 9.47 Å². The van der Waals surface area contributed by atoms with E-state index >= 15 is 0 Å². The maximum absolute atomic E-state index is 6.13. The molecule has 0 aliphatic carbocycles. The van der Waals surface area contributed by atoms with Gasteiger partial charge in [-0.1, -0.05) is 17.7 Å². The number of ether oxygens (including phenoxy) is 2. The molecule has 0 amide bonds. The predicted molar refractivity (Wildman–Crippen MR) is 82.6 cm³/mol. The summed E-state index contributed by atoms with van der Waals surface area (Å²) in [5, 5.41) is 2.75. The number of nitrogens with two attached hydrogens (primary N) is 1. The smallest absolute Gasteiger partial charge is 0.161 e. The second kappa shape index (κ2) is 6.95. The van der Waals surface area contributed by atoms with Gasteiger partial charge in [0.05, 0.1) is 25.3 Å². The van der Waals surface area contributed by atoms with Crippen molar-refractivity contribution in [2.75, 3.05) is 14.2 Å². The predicted octanol–water partition coefficient (Wildman–Crippen LogP) is 3.17. The zero-order valence-electron chi connectivity index (χ0n) is 11.4. The van der Waals surface area contributed by atoms with Gasteiger partial charge < -0.3 is 9.47 Å². The van der Waals surface area contributed by atoms with Gasteiger partial charge in [-0.05, 0) is 29.1 Å². The monoisotopic (exact) mass is 312 g/mol. The Balaban J connectivity index is 2.25. The second-order valence-corrected chi connectivity index (χ2v) is 5.64. The number of hydrogen-bond donors (Lipinski definition) is 2. The molecule has 0 bridgehead atoms. The second-order valence-electron chi connectivity index (χ2n) is 4.23. The van der Waals surface area contributed by atoms with Crippen molar-refractivity contribution in [2.24, 2.45) is 5.84 Å². The van der Waals surface area contributed by atoms with Crippen LogP contribution in [-0.2, 0) is 6.42 Å². The van der Waals surface area contributed by atoms with Crippen LogP contribution in [0, 0.1) is 0 Å². The number of nitrogens with one attached hydrogen (secondary N) is 1. The van der Waals surface area contributed by atoms with Crippen LogP contribution in [0.1, 0.15) is 16.5 Å². The molecule has 20 heavy (non-hydrogen) atoms. The van der Waals surface area contributed by atoms with Gasteiger partial charge in [-0.15, -0.1) is 11.3 Å². The van der Waals surface area contributed by atoms with E-state index in [0.717, 1.165) is 21.9 Å². The molecule has 1 atom stereocenters. The highest BCUT2D eigenvalue weighted by molar-refractivity contribution is 7.10. The Labute approximate surface area is 127 Å². The van der Waals surface area contributed by atoms with Gasteiger partial charge in [0.15, 0.2) is 11.5 Å². The lowest BCUT2D eigenvalue weighted by Gasteiger charge is -2.17. The van der Waals surface area contributed by atoms with E-state index in [1.54, 1.807) is 25.6 Å². The van der Waals surface area contributed by atoms with Crippen LogP contribution in [-0.4, -0.2) is 14.2 Å². The molecule has 1 aromatic carbocycles. The Kier molecular flexibility index (Phi) is 5.25. The first kappa shape index (κ1) is 15.1. The molecule has 6 heteroatoms. The minimum atomic E-state index is -0.0362. The van der Waals surface area contributed by atoms with E-state index in [1.807, 2.05) is 29.6 Å². The fourth-order valence-corrected chi connectivity index (χ4v) is 3.16. The lowest BCUT2D eigenvalue weighted by Crippen LogP contribution is -2.29. The van der Waals surface area contributed by atoms with Gasteiger partial charge >= 0.3 is 0 Å². The van der Waals surface area contributed by atoms with Crippen LogP contribution in [0.2, 0.25) is 5.02 Å². The van der Waals surface area contributed by atoms with Crippen molar-refractivity contribution in [3.63, 3.8) is 0 Å². The van der Waals surface area contributed by atoms with Crippen molar-refractivity contribution in [3.8, 4) is 11.5 Å². The Morgan fingerprint density at radius 3 is 2.55 bits per heavy atom. The lowest BCUT2D eigenvalue weighted by atomic mass is 10.0. The molecule has 0 spiro atoms. The van der Waals surface area contributed by atoms with Crippen LogP contribution in [0.25, 0.3) is 0 Å². The SMILES string of the molecule is COc1ccc(C(Cc2sccc2Cl)NN)cc1OC. The largest absolute Gasteiger partial charge is 0.493 e. The van der Waals surface area contributed by atoms with Crippen LogP contribution >= 0.6 is 22.9 Å².